The van der Waals surface area contributed by atoms with E-state index in [0.29, 0.717) is 65.1 Å². The van der Waals surface area contributed by atoms with Gasteiger partial charge in [-0.25, -0.2) is 4.98 Å². The van der Waals surface area contributed by atoms with Gasteiger partial charge in [0.05, 0.1) is 35.3 Å². The van der Waals surface area contributed by atoms with Gasteiger partial charge < -0.3 is 9.64 Å². The van der Waals surface area contributed by atoms with Crippen LogP contribution in [-0.4, -0.2) is 52.4 Å². The number of hydrogen-bond donors (Lipinski definition) is 0. The highest BCUT2D eigenvalue weighted by Crippen LogP contribution is 2.30. The number of fused-ring (bicyclic) bond motifs is 1. The summed E-state index contributed by atoms with van der Waals surface area (Å²) in [6.45, 7) is 4.42. The average Bonchev–Trinajstić information content (AvgIpc) is 3.14. The first-order valence-electron chi connectivity index (χ1n) is 10.0. The van der Waals surface area contributed by atoms with Gasteiger partial charge in [0.15, 0.2) is 5.16 Å². The zero-order valence-corrected chi connectivity index (χ0v) is 18.8. The molecule has 0 N–H and O–H groups in total. The van der Waals surface area contributed by atoms with Crippen LogP contribution < -0.4 is 5.56 Å². The van der Waals surface area contributed by atoms with E-state index in [-0.39, 0.29) is 17.2 Å². The maximum Gasteiger partial charge on any atom is 0.264 e. The van der Waals surface area contributed by atoms with Crippen molar-refractivity contribution in [2.45, 2.75) is 25.0 Å². The molecule has 4 rings (SSSR count). The Bertz CT molecular complexity index is 1190. The van der Waals surface area contributed by atoms with Gasteiger partial charge >= 0.3 is 0 Å². The van der Waals surface area contributed by atoms with E-state index >= 15 is 0 Å². The molecular formula is C22H22N4O3S2. The number of aromatic nitrogens is 2. The summed E-state index contributed by atoms with van der Waals surface area (Å²) < 4.78 is 6.98. The van der Waals surface area contributed by atoms with E-state index in [2.05, 4.69) is 6.07 Å². The van der Waals surface area contributed by atoms with E-state index in [0.717, 1.165) is 5.56 Å². The number of carbonyl (C=O) groups excluding carboxylic acids is 1. The molecule has 7 nitrogen and oxygen atoms in total. The number of benzene rings is 1. The number of hydrogen-bond acceptors (Lipinski definition) is 7. The molecule has 160 valence electrons. The van der Waals surface area contributed by atoms with Gasteiger partial charge in [-0.15, -0.1) is 11.3 Å². The maximum absolute atomic E-state index is 13.5. The van der Waals surface area contributed by atoms with Crippen LogP contribution in [-0.2, 0) is 17.7 Å². The minimum Gasteiger partial charge on any atom is -0.378 e. The van der Waals surface area contributed by atoms with Crippen molar-refractivity contribution in [3.05, 3.63) is 56.7 Å². The Morgan fingerprint density at radius 2 is 2.03 bits per heavy atom. The SMILES string of the molecule is Cc1c(C(=O)N2CCOCC2)sc2nc(SCC#N)n(CCc3ccccc3)c(=O)c12. The lowest BCUT2D eigenvalue weighted by Crippen LogP contribution is -2.40. The van der Waals surface area contributed by atoms with Crippen molar-refractivity contribution in [1.82, 2.24) is 14.5 Å². The van der Waals surface area contributed by atoms with Gasteiger partial charge in [-0.1, -0.05) is 42.1 Å². The molecule has 1 aromatic carbocycles. The molecule has 3 aromatic rings. The molecule has 2 aromatic heterocycles. The maximum atomic E-state index is 13.5. The quantitative estimate of drug-likeness (QED) is 0.420. The number of amides is 1. The first-order valence-corrected chi connectivity index (χ1v) is 11.8. The molecule has 0 unspecified atom stereocenters. The van der Waals surface area contributed by atoms with Crippen LogP contribution in [0.25, 0.3) is 10.2 Å². The van der Waals surface area contributed by atoms with Gasteiger partial charge in [0.1, 0.15) is 4.83 Å². The molecule has 1 amide bonds. The molecule has 0 radical (unpaired) electrons. The number of ether oxygens (including phenoxy) is 1. The molecule has 0 bridgehead atoms. The topological polar surface area (TPSA) is 88.2 Å². The van der Waals surface area contributed by atoms with Crippen molar-refractivity contribution in [3.8, 4) is 6.07 Å². The van der Waals surface area contributed by atoms with E-state index in [1.807, 2.05) is 37.3 Å². The number of nitrogens with zero attached hydrogens (tertiary/aromatic N) is 4. The van der Waals surface area contributed by atoms with Gasteiger partial charge in [0, 0.05) is 19.6 Å². The molecule has 31 heavy (non-hydrogen) atoms. The molecule has 1 saturated heterocycles. The van der Waals surface area contributed by atoms with Gasteiger partial charge in [0.2, 0.25) is 0 Å². The summed E-state index contributed by atoms with van der Waals surface area (Å²) in [6, 6.07) is 12.0. The van der Waals surface area contributed by atoms with Crippen LogP contribution >= 0.6 is 23.1 Å². The lowest BCUT2D eigenvalue weighted by Gasteiger charge is -2.26. The highest BCUT2D eigenvalue weighted by molar-refractivity contribution is 7.99. The summed E-state index contributed by atoms with van der Waals surface area (Å²) in [4.78, 5) is 34.1. The van der Waals surface area contributed by atoms with Crippen molar-refractivity contribution in [3.63, 3.8) is 0 Å². The zero-order valence-electron chi connectivity index (χ0n) is 17.2. The van der Waals surface area contributed by atoms with Gasteiger partial charge in [-0.3, -0.25) is 14.2 Å². The number of thioether (sulfide) groups is 1. The monoisotopic (exact) mass is 454 g/mol. The Labute approximate surface area is 188 Å². The minimum absolute atomic E-state index is 0.0785. The standard InChI is InChI=1S/C22H22N4O3S2/c1-15-17-19(31-18(15)21(28)25-10-12-29-13-11-25)24-22(30-14-8-23)26(20(17)27)9-7-16-5-3-2-4-6-16/h2-6H,7,9-14H2,1H3. The Kier molecular flexibility index (Phi) is 6.70. The van der Waals surface area contributed by atoms with Gasteiger partial charge in [-0.2, -0.15) is 5.26 Å². The van der Waals surface area contributed by atoms with Crippen LogP contribution in [0.3, 0.4) is 0 Å². The van der Waals surface area contributed by atoms with Crippen molar-refractivity contribution < 1.29 is 9.53 Å². The first kappa shape index (κ1) is 21.6. The van der Waals surface area contributed by atoms with Crippen LogP contribution in [0.1, 0.15) is 20.8 Å². The number of thiophene rings is 1. The predicted octanol–water partition coefficient (Wildman–Crippen LogP) is 3.10. The molecule has 9 heteroatoms. The largest absolute Gasteiger partial charge is 0.378 e. The fourth-order valence-electron chi connectivity index (χ4n) is 3.60. The van der Waals surface area contributed by atoms with E-state index in [1.54, 1.807) is 9.47 Å². The second kappa shape index (κ2) is 9.64. The van der Waals surface area contributed by atoms with Crippen LogP contribution in [0.2, 0.25) is 0 Å². The number of aryl methyl sites for hydroxylation is 2. The molecular weight excluding hydrogens is 432 g/mol. The summed E-state index contributed by atoms with van der Waals surface area (Å²) in [5.41, 5.74) is 1.64. The summed E-state index contributed by atoms with van der Waals surface area (Å²) in [7, 11) is 0. The summed E-state index contributed by atoms with van der Waals surface area (Å²) in [6.07, 6.45) is 0.677. The van der Waals surface area contributed by atoms with E-state index < -0.39 is 0 Å². The van der Waals surface area contributed by atoms with Crippen LogP contribution in [0, 0.1) is 18.3 Å². The Balaban J connectivity index is 1.74. The van der Waals surface area contributed by atoms with E-state index in [4.69, 9.17) is 15.0 Å². The Morgan fingerprint density at radius 1 is 1.29 bits per heavy atom. The second-order valence-electron chi connectivity index (χ2n) is 7.17. The molecule has 1 aliphatic rings. The molecule has 0 spiro atoms. The van der Waals surface area contributed by atoms with Crippen molar-refractivity contribution >= 4 is 39.2 Å². The van der Waals surface area contributed by atoms with Crippen LogP contribution in [0.5, 0.6) is 0 Å². The van der Waals surface area contributed by atoms with E-state index in [9.17, 15) is 9.59 Å². The highest BCUT2D eigenvalue weighted by Gasteiger charge is 2.26. The summed E-state index contributed by atoms with van der Waals surface area (Å²) in [5, 5.41) is 10.0. The van der Waals surface area contributed by atoms with Gasteiger partial charge in [-0.05, 0) is 24.5 Å². The van der Waals surface area contributed by atoms with Crippen LogP contribution in [0.4, 0.5) is 0 Å². The van der Waals surface area contributed by atoms with E-state index in [1.165, 1.54) is 23.1 Å². The smallest absolute Gasteiger partial charge is 0.264 e. The average molecular weight is 455 g/mol. The molecule has 0 aliphatic carbocycles. The number of morpholine rings is 1. The Hall–Kier alpha value is -2.67. The Morgan fingerprint density at radius 3 is 2.74 bits per heavy atom. The second-order valence-corrected chi connectivity index (χ2v) is 9.12. The lowest BCUT2D eigenvalue weighted by molar-refractivity contribution is 0.0306. The molecule has 3 heterocycles. The fourth-order valence-corrected chi connectivity index (χ4v) is 5.48. The number of carbonyl (C=O) groups is 1. The molecule has 0 saturated carbocycles. The third-order valence-corrected chi connectivity index (χ3v) is 7.26. The first-order chi connectivity index (χ1) is 15.1. The summed E-state index contributed by atoms with van der Waals surface area (Å²) in [5.74, 6) is 0.123. The fraction of sp³-hybridized carbons (Fsp3) is 0.364. The number of nitriles is 1. The normalized spacial score (nSPS) is 14.0. The number of rotatable bonds is 6. The van der Waals surface area contributed by atoms with Crippen molar-refractivity contribution in [1.29, 1.82) is 5.26 Å². The van der Waals surface area contributed by atoms with Crippen molar-refractivity contribution in [2.24, 2.45) is 0 Å². The lowest BCUT2D eigenvalue weighted by atomic mass is 10.1. The summed E-state index contributed by atoms with van der Waals surface area (Å²) >= 11 is 2.51. The molecule has 1 aliphatic heterocycles. The zero-order chi connectivity index (χ0) is 21.8. The molecule has 1 fully saturated rings. The highest BCUT2D eigenvalue weighted by atomic mass is 32.2. The minimum atomic E-state index is -0.156. The molecule has 0 atom stereocenters. The van der Waals surface area contributed by atoms with Gasteiger partial charge in [0.25, 0.3) is 11.5 Å². The van der Waals surface area contributed by atoms with Crippen LogP contribution in [0.15, 0.2) is 40.3 Å². The predicted molar refractivity (Wildman–Crippen MR) is 122 cm³/mol. The third-order valence-electron chi connectivity index (χ3n) is 5.24. The van der Waals surface area contributed by atoms with Crippen molar-refractivity contribution in [2.75, 3.05) is 32.1 Å². The third kappa shape index (κ3) is 4.51.